The first-order valence-corrected chi connectivity index (χ1v) is 7.41. The van der Waals surface area contributed by atoms with Gasteiger partial charge in [-0.3, -0.25) is 9.20 Å². The van der Waals surface area contributed by atoms with Crippen molar-refractivity contribution in [1.82, 2.24) is 9.38 Å². The van der Waals surface area contributed by atoms with Crippen molar-refractivity contribution in [2.24, 2.45) is 5.73 Å². The third-order valence-corrected chi connectivity index (χ3v) is 4.01. The van der Waals surface area contributed by atoms with Crippen molar-refractivity contribution < 1.29 is 9.53 Å². The van der Waals surface area contributed by atoms with Crippen LogP contribution in [0.1, 0.15) is 11.4 Å². The van der Waals surface area contributed by atoms with E-state index in [2.05, 4.69) is 9.72 Å². The molecule has 4 rings (SSSR count). The van der Waals surface area contributed by atoms with Crippen molar-refractivity contribution in [3.8, 4) is 17.0 Å². The maximum atomic E-state index is 11.5. The van der Waals surface area contributed by atoms with Gasteiger partial charge in [0.15, 0.2) is 6.61 Å². The summed E-state index contributed by atoms with van der Waals surface area (Å²) in [6.45, 7) is 2.45. The molecular weight excluding hydrogens is 292 g/mol. The quantitative estimate of drug-likeness (QED) is 0.759. The lowest BCUT2D eigenvalue weighted by Crippen LogP contribution is -2.25. The number of benzene rings is 1. The summed E-state index contributed by atoms with van der Waals surface area (Å²) < 4.78 is 7.46. The molecule has 0 unspecified atom stereocenters. The van der Waals surface area contributed by atoms with E-state index in [1.807, 2.05) is 43.3 Å². The Morgan fingerprint density at radius 1 is 1.35 bits per heavy atom. The Hall–Kier alpha value is -2.86. The van der Waals surface area contributed by atoms with Crippen LogP contribution in [0.25, 0.3) is 16.9 Å². The molecule has 0 bridgehead atoms. The summed E-state index contributed by atoms with van der Waals surface area (Å²) in [4.78, 5) is 16.2. The van der Waals surface area contributed by atoms with Crippen LogP contribution in [-0.4, -0.2) is 21.9 Å². The molecule has 0 aliphatic carbocycles. The summed E-state index contributed by atoms with van der Waals surface area (Å²) in [5, 5.41) is 2.82. The van der Waals surface area contributed by atoms with Gasteiger partial charge < -0.3 is 15.8 Å². The van der Waals surface area contributed by atoms with E-state index in [1.54, 1.807) is 0 Å². The molecule has 1 aliphatic rings. The molecule has 2 aromatic heterocycles. The first kappa shape index (κ1) is 13.8. The Kier molecular flexibility index (Phi) is 3.06. The predicted molar refractivity (Wildman–Crippen MR) is 87.4 cm³/mol. The minimum atomic E-state index is -0.153. The zero-order valence-corrected chi connectivity index (χ0v) is 12.7. The lowest BCUT2D eigenvalue weighted by molar-refractivity contribution is -0.118. The first-order valence-electron chi connectivity index (χ1n) is 7.41. The van der Waals surface area contributed by atoms with Gasteiger partial charge in [-0.2, -0.15) is 0 Å². The molecule has 1 amide bonds. The lowest BCUT2D eigenvalue weighted by atomic mass is 10.1. The average molecular weight is 308 g/mol. The van der Waals surface area contributed by atoms with Gasteiger partial charge in [0.25, 0.3) is 5.91 Å². The van der Waals surface area contributed by atoms with Gasteiger partial charge in [-0.1, -0.05) is 6.07 Å². The number of nitrogens with one attached hydrogen (secondary N) is 1. The first-order chi connectivity index (χ1) is 11.2. The number of aromatic nitrogens is 2. The number of imidazole rings is 1. The van der Waals surface area contributed by atoms with Gasteiger partial charge in [-0.25, -0.2) is 4.98 Å². The number of aryl methyl sites for hydroxylation is 1. The molecule has 3 aromatic rings. The molecule has 3 heterocycles. The van der Waals surface area contributed by atoms with Gasteiger partial charge >= 0.3 is 0 Å². The topological polar surface area (TPSA) is 81.6 Å². The highest BCUT2D eigenvalue weighted by Gasteiger charge is 2.19. The monoisotopic (exact) mass is 308 g/mol. The average Bonchev–Trinajstić information content (AvgIpc) is 2.94. The second-order valence-corrected chi connectivity index (χ2v) is 5.52. The zero-order chi connectivity index (χ0) is 16.0. The number of anilines is 1. The molecule has 1 aromatic carbocycles. The molecule has 1 aliphatic heterocycles. The molecule has 0 fully saturated rings. The largest absolute Gasteiger partial charge is 0.482 e. The van der Waals surface area contributed by atoms with E-state index < -0.39 is 0 Å². The highest BCUT2D eigenvalue weighted by molar-refractivity contribution is 5.96. The van der Waals surface area contributed by atoms with Crippen LogP contribution in [0.2, 0.25) is 0 Å². The summed E-state index contributed by atoms with van der Waals surface area (Å²) in [7, 11) is 0. The highest BCUT2D eigenvalue weighted by Crippen LogP contribution is 2.34. The van der Waals surface area contributed by atoms with Gasteiger partial charge in [-0.15, -0.1) is 0 Å². The second-order valence-electron chi connectivity index (χ2n) is 5.52. The summed E-state index contributed by atoms with van der Waals surface area (Å²) >= 11 is 0. The van der Waals surface area contributed by atoms with Crippen LogP contribution in [0.3, 0.4) is 0 Å². The number of ether oxygens (including phenoxy) is 1. The van der Waals surface area contributed by atoms with Gasteiger partial charge in [0.2, 0.25) is 0 Å². The molecule has 0 saturated heterocycles. The Morgan fingerprint density at radius 2 is 2.22 bits per heavy atom. The number of nitrogens with two attached hydrogens (primary N) is 1. The number of carbonyl (C=O) groups is 1. The van der Waals surface area contributed by atoms with E-state index >= 15 is 0 Å². The van der Waals surface area contributed by atoms with E-state index in [9.17, 15) is 4.79 Å². The van der Waals surface area contributed by atoms with Crippen LogP contribution in [0.5, 0.6) is 5.75 Å². The lowest BCUT2D eigenvalue weighted by Gasteiger charge is -2.18. The molecule has 0 radical (unpaired) electrons. The normalized spacial score (nSPS) is 13.6. The standard InChI is InChI=1S/C17H16N4O2/c1-10-3-2-4-15-20-17(13(8-18)21(10)15)11-5-6-14-12(7-11)19-16(22)9-23-14/h2-7H,8-9,18H2,1H3,(H,19,22). The minimum Gasteiger partial charge on any atom is -0.482 e. The molecule has 23 heavy (non-hydrogen) atoms. The SMILES string of the molecule is Cc1cccc2nc(-c3ccc4c(c3)NC(=O)CO4)c(CN)n12. The van der Waals surface area contributed by atoms with Crippen molar-refractivity contribution in [3.63, 3.8) is 0 Å². The van der Waals surface area contributed by atoms with Crippen molar-refractivity contribution in [2.45, 2.75) is 13.5 Å². The summed E-state index contributed by atoms with van der Waals surface area (Å²) in [5.74, 6) is 0.516. The fourth-order valence-corrected chi connectivity index (χ4v) is 2.98. The van der Waals surface area contributed by atoms with Crippen LogP contribution < -0.4 is 15.8 Å². The van der Waals surface area contributed by atoms with Crippen molar-refractivity contribution in [1.29, 1.82) is 0 Å². The molecule has 0 atom stereocenters. The minimum absolute atomic E-state index is 0.0496. The van der Waals surface area contributed by atoms with E-state index in [0.717, 1.165) is 28.3 Å². The van der Waals surface area contributed by atoms with Crippen molar-refractivity contribution in [2.75, 3.05) is 11.9 Å². The highest BCUT2D eigenvalue weighted by atomic mass is 16.5. The Balaban J connectivity index is 1.91. The molecule has 6 heteroatoms. The van der Waals surface area contributed by atoms with Gasteiger partial charge in [0, 0.05) is 17.8 Å². The molecule has 0 saturated carbocycles. The molecular formula is C17H16N4O2. The van der Waals surface area contributed by atoms with Crippen LogP contribution >= 0.6 is 0 Å². The van der Waals surface area contributed by atoms with E-state index in [1.165, 1.54) is 0 Å². The summed E-state index contributed by atoms with van der Waals surface area (Å²) in [6.07, 6.45) is 0. The maximum absolute atomic E-state index is 11.5. The maximum Gasteiger partial charge on any atom is 0.262 e. The summed E-state index contributed by atoms with van der Waals surface area (Å²) in [6, 6.07) is 11.6. The third-order valence-electron chi connectivity index (χ3n) is 4.01. The second kappa shape index (κ2) is 5.10. The number of hydrogen-bond acceptors (Lipinski definition) is 4. The number of fused-ring (bicyclic) bond motifs is 2. The fraction of sp³-hybridized carbons (Fsp3) is 0.176. The number of carbonyl (C=O) groups excluding carboxylic acids is 1. The smallest absolute Gasteiger partial charge is 0.262 e. The molecule has 116 valence electrons. The molecule has 6 nitrogen and oxygen atoms in total. The van der Waals surface area contributed by atoms with Crippen LogP contribution in [0, 0.1) is 6.92 Å². The van der Waals surface area contributed by atoms with Gasteiger partial charge in [-0.05, 0) is 37.3 Å². The number of rotatable bonds is 2. The predicted octanol–water partition coefficient (Wildman–Crippen LogP) is 2.10. The van der Waals surface area contributed by atoms with Gasteiger partial charge in [0.1, 0.15) is 11.4 Å². The van der Waals surface area contributed by atoms with Crippen molar-refractivity contribution in [3.05, 3.63) is 47.8 Å². The van der Waals surface area contributed by atoms with Crippen molar-refractivity contribution >= 4 is 17.2 Å². The zero-order valence-electron chi connectivity index (χ0n) is 12.7. The third kappa shape index (κ3) is 2.15. The number of nitrogens with zero attached hydrogens (tertiary/aromatic N) is 2. The Bertz CT molecular complexity index is 930. The van der Waals surface area contributed by atoms with E-state index in [4.69, 9.17) is 15.5 Å². The fourth-order valence-electron chi connectivity index (χ4n) is 2.98. The van der Waals surface area contributed by atoms with E-state index in [-0.39, 0.29) is 12.5 Å². The number of pyridine rings is 1. The van der Waals surface area contributed by atoms with Crippen LogP contribution in [0.15, 0.2) is 36.4 Å². The summed E-state index contributed by atoms with van der Waals surface area (Å²) in [5.41, 5.74) is 11.2. The number of amides is 1. The Morgan fingerprint density at radius 3 is 3.04 bits per heavy atom. The van der Waals surface area contributed by atoms with E-state index in [0.29, 0.717) is 18.0 Å². The molecule has 0 spiro atoms. The van der Waals surface area contributed by atoms with Crippen LogP contribution in [-0.2, 0) is 11.3 Å². The van der Waals surface area contributed by atoms with Crippen LogP contribution in [0.4, 0.5) is 5.69 Å². The number of hydrogen-bond donors (Lipinski definition) is 2. The van der Waals surface area contributed by atoms with Gasteiger partial charge in [0.05, 0.1) is 17.1 Å². The molecule has 3 N–H and O–H groups in total. The Labute approximate surface area is 132 Å².